The van der Waals surface area contributed by atoms with E-state index >= 15 is 0 Å². The van der Waals surface area contributed by atoms with Crippen LogP contribution in [-0.2, 0) is 16.6 Å². The molecule has 0 aliphatic heterocycles. The number of aromatic nitrogens is 2. The Bertz CT molecular complexity index is 934. The first-order valence-corrected chi connectivity index (χ1v) is 9.71. The molecule has 7 heteroatoms. The molecule has 0 amide bonds. The Labute approximate surface area is 147 Å². The normalized spacial score (nSPS) is 11.7. The molecule has 0 bridgehead atoms. The summed E-state index contributed by atoms with van der Waals surface area (Å²) >= 11 is 0. The number of hydrogen-bond acceptors (Lipinski definition) is 4. The lowest BCUT2D eigenvalue weighted by molar-refractivity contribution is 0.340. The maximum atomic E-state index is 12.3. The highest BCUT2D eigenvalue weighted by atomic mass is 32.2. The number of fused-ring (bicyclic) bond motifs is 1. The Balaban J connectivity index is 1.55. The highest BCUT2D eigenvalue weighted by Gasteiger charge is 2.13. The number of sulfonamides is 1. The van der Waals surface area contributed by atoms with Crippen molar-refractivity contribution in [3.8, 4) is 5.75 Å². The van der Waals surface area contributed by atoms with E-state index < -0.39 is 10.0 Å². The second-order valence-electron chi connectivity index (χ2n) is 5.58. The van der Waals surface area contributed by atoms with Crippen molar-refractivity contribution in [2.45, 2.75) is 24.8 Å². The van der Waals surface area contributed by atoms with Gasteiger partial charge in [0.2, 0.25) is 10.0 Å². The first-order valence-electron chi connectivity index (χ1n) is 8.22. The predicted octanol–water partition coefficient (Wildman–Crippen LogP) is 2.80. The minimum atomic E-state index is -3.51. The Kier molecular flexibility index (Phi) is 5.35. The van der Waals surface area contributed by atoms with Gasteiger partial charge >= 0.3 is 0 Å². The summed E-state index contributed by atoms with van der Waals surface area (Å²) in [6.45, 7) is 3.50. The third-order valence-electron chi connectivity index (χ3n) is 3.84. The number of benzene rings is 2. The van der Waals surface area contributed by atoms with Crippen LogP contribution in [0.5, 0.6) is 5.75 Å². The summed E-state index contributed by atoms with van der Waals surface area (Å²) in [5.41, 5.74) is 1.99. The molecule has 0 aliphatic carbocycles. The lowest BCUT2D eigenvalue weighted by Gasteiger charge is -2.09. The van der Waals surface area contributed by atoms with Crippen molar-refractivity contribution < 1.29 is 13.2 Å². The fraction of sp³-hybridized carbons (Fsp3) is 0.278. The van der Waals surface area contributed by atoms with E-state index in [0.717, 1.165) is 11.0 Å². The minimum absolute atomic E-state index is 0.240. The second kappa shape index (κ2) is 7.67. The van der Waals surface area contributed by atoms with Gasteiger partial charge in [0, 0.05) is 13.1 Å². The quantitative estimate of drug-likeness (QED) is 0.628. The maximum Gasteiger partial charge on any atom is 0.240 e. The maximum absolute atomic E-state index is 12.3. The second-order valence-corrected chi connectivity index (χ2v) is 7.35. The van der Waals surface area contributed by atoms with Gasteiger partial charge in [0.15, 0.2) is 0 Å². The fourth-order valence-electron chi connectivity index (χ4n) is 2.61. The van der Waals surface area contributed by atoms with Crippen molar-refractivity contribution in [3.63, 3.8) is 0 Å². The summed E-state index contributed by atoms with van der Waals surface area (Å²) in [7, 11) is -3.51. The van der Waals surface area contributed by atoms with Gasteiger partial charge in [0.25, 0.3) is 0 Å². The Morgan fingerprint density at radius 3 is 2.64 bits per heavy atom. The van der Waals surface area contributed by atoms with Gasteiger partial charge in [0.05, 0.1) is 28.9 Å². The Morgan fingerprint density at radius 2 is 1.88 bits per heavy atom. The SMILES string of the molecule is CCOc1ccc(S(=O)(=O)NCCCn2cnc3ccccc32)cc1. The predicted molar refractivity (Wildman–Crippen MR) is 97.1 cm³/mol. The largest absolute Gasteiger partial charge is 0.494 e. The molecule has 0 spiro atoms. The standard InChI is InChI=1S/C18H21N3O3S/c1-2-24-15-8-10-16(11-9-15)25(22,23)20-12-5-13-21-14-19-17-6-3-4-7-18(17)21/h3-4,6-11,14,20H,2,5,12-13H2,1H3. The highest BCUT2D eigenvalue weighted by Crippen LogP contribution is 2.16. The first-order chi connectivity index (χ1) is 12.1. The molecule has 6 nitrogen and oxygen atoms in total. The summed E-state index contributed by atoms with van der Waals surface area (Å²) in [4.78, 5) is 4.57. The number of para-hydroxylation sites is 2. The molecule has 0 saturated carbocycles. The lowest BCUT2D eigenvalue weighted by Crippen LogP contribution is -2.25. The zero-order valence-corrected chi connectivity index (χ0v) is 14.9. The van der Waals surface area contributed by atoms with Gasteiger partial charge in [0.1, 0.15) is 5.75 Å². The van der Waals surface area contributed by atoms with Crippen molar-refractivity contribution >= 4 is 21.1 Å². The van der Waals surface area contributed by atoms with Crippen molar-refractivity contribution in [1.29, 1.82) is 0 Å². The molecule has 0 radical (unpaired) electrons. The van der Waals surface area contributed by atoms with Crippen molar-refractivity contribution in [3.05, 3.63) is 54.9 Å². The number of rotatable bonds is 8. The molecule has 132 valence electrons. The van der Waals surface area contributed by atoms with Crippen LogP contribution in [0.3, 0.4) is 0 Å². The van der Waals surface area contributed by atoms with E-state index in [1.54, 1.807) is 30.6 Å². The summed E-state index contributed by atoms with van der Waals surface area (Å²) in [5.74, 6) is 0.661. The van der Waals surface area contributed by atoms with Crippen LogP contribution in [0.1, 0.15) is 13.3 Å². The summed E-state index contributed by atoms with van der Waals surface area (Å²) in [6, 6.07) is 14.3. The van der Waals surface area contributed by atoms with Crippen LogP contribution in [0.25, 0.3) is 11.0 Å². The third-order valence-corrected chi connectivity index (χ3v) is 5.32. The molecule has 0 atom stereocenters. The molecular weight excluding hydrogens is 338 g/mol. The van der Waals surface area contributed by atoms with Gasteiger partial charge in [-0.15, -0.1) is 0 Å². The molecule has 25 heavy (non-hydrogen) atoms. The summed E-state index contributed by atoms with van der Waals surface area (Å²) < 4.78 is 34.6. The monoisotopic (exact) mass is 359 g/mol. The minimum Gasteiger partial charge on any atom is -0.494 e. The van der Waals surface area contributed by atoms with Gasteiger partial charge < -0.3 is 9.30 Å². The van der Waals surface area contributed by atoms with Crippen LogP contribution in [0, 0.1) is 0 Å². The molecule has 0 aliphatic rings. The topological polar surface area (TPSA) is 73.2 Å². The average molecular weight is 359 g/mol. The highest BCUT2D eigenvalue weighted by molar-refractivity contribution is 7.89. The van der Waals surface area contributed by atoms with E-state index in [2.05, 4.69) is 9.71 Å². The van der Waals surface area contributed by atoms with Gasteiger partial charge in [-0.25, -0.2) is 18.1 Å². The zero-order valence-electron chi connectivity index (χ0n) is 14.1. The van der Waals surface area contributed by atoms with Crippen LogP contribution in [0.4, 0.5) is 0 Å². The van der Waals surface area contributed by atoms with Gasteiger partial charge in [-0.2, -0.15) is 0 Å². The van der Waals surface area contributed by atoms with Crippen LogP contribution in [-0.4, -0.2) is 31.1 Å². The molecule has 0 saturated heterocycles. The molecule has 2 aromatic carbocycles. The van der Waals surface area contributed by atoms with E-state index in [0.29, 0.717) is 31.9 Å². The van der Waals surface area contributed by atoms with Gasteiger partial charge in [-0.1, -0.05) is 12.1 Å². The molecule has 1 N–H and O–H groups in total. The van der Waals surface area contributed by atoms with Crippen LogP contribution >= 0.6 is 0 Å². The average Bonchev–Trinajstić information content (AvgIpc) is 3.03. The number of aryl methyl sites for hydroxylation is 1. The molecular formula is C18H21N3O3S. The summed E-state index contributed by atoms with van der Waals surface area (Å²) in [5, 5.41) is 0. The van der Waals surface area contributed by atoms with E-state index in [1.165, 1.54) is 0 Å². The van der Waals surface area contributed by atoms with Crippen molar-refractivity contribution in [2.24, 2.45) is 0 Å². The fourth-order valence-corrected chi connectivity index (χ4v) is 3.68. The number of nitrogens with one attached hydrogen (secondary N) is 1. The van der Waals surface area contributed by atoms with E-state index in [-0.39, 0.29) is 4.90 Å². The number of ether oxygens (including phenoxy) is 1. The molecule has 1 aromatic heterocycles. The van der Waals surface area contributed by atoms with Crippen molar-refractivity contribution in [2.75, 3.05) is 13.2 Å². The molecule has 3 aromatic rings. The molecule has 0 unspecified atom stereocenters. The summed E-state index contributed by atoms with van der Waals surface area (Å²) in [6.07, 6.45) is 2.46. The lowest BCUT2D eigenvalue weighted by atomic mass is 10.3. The van der Waals surface area contributed by atoms with Crippen LogP contribution < -0.4 is 9.46 Å². The van der Waals surface area contributed by atoms with Crippen LogP contribution in [0.15, 0.2) is 59.8 Å². The van der Waals surface area contributed by atoms with Gasteiger partial charge in [-0.05, 0) is 49.7 Å². The van der Waals surface area contributed by atoms with E-state index in [9.17, 15) is 8.42 Å². The Hall–Kier alpha value is -2.38. The zero-order chi connectivity index (χ0) is 17.7. The molecule has 3 rings (SSSR count). The van der Waals surface area contributed by atoms with Crippen LogP contribution in [0.2, 0.25) is 0 Å². The Morgan fingerprint density at radius 1 is 1.12 bits per heavy atom. The van der Waals surface area contributed by atoms with E-state index in [1.807, 2.05) is 35.8 Å². The number of nitrogens with zero attached hydrogens (tertiary/aromatic N) is 2. The third kappa shape index (κ3) is 4.18. The van der Waals surface area contributed by atoms with E-state index in [4.69, 9.17) is 4.74 Å². The number of hydrogen-bond donors (Lipinski definition) is 1. The van der Waals surface area contributed by atoms with Crippen molar-refractivity contribution in [1.82, 2.24) is 14.3 Å². The smallest absolute Gasteiger partial charge is 0.240 e. The first kappa shape index (κ1) is 17.4. The molecule has 1 heterocycles. The molecule has 0 fully saturated rings. The van der Waals surface area contributed by atoms with Gasteiger partial charge in [-0.3, -0.25) is 0 Å². The number of imidazole rings is 1.